The Labute approximate surface area is 206 Å². The zero-order valence-corrected chi connectivity index (χ0v) is 20.1. The van der Waals surface area contributed by atoms with Crippen LogP contribution in [0, 0.1) is 25.2 Å². The molecule has 3 aromatic heterocycles. The summed E-state index contributed by atoms with van der Waals surface area (Å²) in [6, 6.07) is 9.32. The molecule has 0 aliphatic rings. The van der Waals surface area contributed by atoms with Crippen molar-refractivity contribution in [3.05, 3.63) is 93.0 Å². The Morgan fingerprint density at radius 2 is 1.97 bits per heavy atom. The first kappa shape index (κ1) is 24.3. The van der Waals surface area contributed by atoms with Crippen LogP contribution in [0.1, 0.15) is 63.3 Å². The summed E-state index contributed by atoms with van der Waals surface area (Å²) in [6.45, 7) is 5.45. The van der Waals surface area contributed by atoms with Crippen molar-refractivity contribution in [3.8, 4) is 11.8 Å². The van der Waals surface area contributed by atoms with Gasteiger partial charge < -0.3 is 14.9 Å². The summed E-state index contributed by atoms with van der Waals surface area (Å²) >= 11 is 0. The summed E-state index contributed by atoms with van der Waals surface area (Å²) in [7, 11) is 1.46. The van der Waals surface area contributed by atoms with Crippen LogP contribution in [0.5, 0.6) is 5.75 Å². The van der Waals surface area contributed by atoms with Crippen molar-refractivity contribution < 1.29 is 14.4 Å². The Morgan fingerprint density at radius 3 is 2.67 bits per heavy atom. The highest BCUT2D eigenvalue weighted by Crippen LogP contribution is 2.39. The van der Waals surface area contributed by atoms with Gasteiger partial charge in [0, 0.05) is 25.1 Å². The summed E-state index contributed by atoms with van der Waals surface area (Å²) in [5.74, 6) is -2.47. The average Bonchev–Trinajstić information content (AvgIpc) is 3.38. The first-order chi connectivity index (χ1) is 17.2. The molecule has 2 unspecified atom stereocenters. The van der Waals surface area contributed by atoms with Crippen molar-refractivity contribution in [2.24, 2.45) is 7.05 Å². The molecule has 4 rings (SSSR count). The van der Waals surface area contributed by atoms with Gasteiger partial charge in [-0.15, -0.1) is 0 Å². The Balaban J connectivity index is 1.91. The second kappa shape index (κ2) is 9.79. The Hall–Kier alpha value is -4.85. The Bertz CT molecular complexity index is 1540. The number of nitriles is 1. The van der Waals surface area contributed by atoms with Crippen LogP contribution in [-0.2, 0) is 7.05 Å². The summed E-state index contributed by atoms with van der Waals surface area (Å²) in [4.78, 5) is 39.4. The lowest BCUT2D eigenvalue weighted by Gasteiger charge is -2.27. The van der Waals surface area contributed by atoms with Crippen molar-refractivity contribution in [1.29, 1.82) is 5.26 Å². The third-order valence-electron chi connectivity index (χ3n) is 5.94. The zero-order valence-electron chi connectivity index (χ0n) is 20.1. The fourth-order valence-electron chi connectivity index (χ4n) is 4.15. The highest BCUT2D eigenvalue weighted by atomic mass is 16.5. The van der Waals surface area contributed by atoms with Gasteiger partial charge >= 0.3 is 0 Å². The van der Waals surface area contributed by atoms with E-state index in [9.17, 15) is 20.0 Å². The molecule has 0 aliphatic heterocycles. The van der Waals surface area contributed by atoms with E-state index in [1.807, 2.05) is 32.9 Å². The van der Waals surface area contributed by atoms with Gasteiger partial charge in [0.15, 0.2) is 5.69 Å². The number of benzene rings is 1. The first-order valence-electron chi connectivity index (χ1n) is 11.0. The molecule has 4 aromatic rings. The van der Waals surface area contributed by atoms with Gasteiger partial charge in [0.25, 0.3) is 11.5 Å². The van der Waals surface area contributed by atoms with E-state index in [4.69, 9.17) is 9.51 Å². The van der Waals surface area contributed by atoms with Crippen LogP contribution in [0.15, 0.2) is 52.2 Å². The van der Waals surface area contributed by atoms with Crippen LogP contribution in [0.25, 0.3) is 0 Å². The lowest BCUT2D eigenvalue weighted by atomic mass is 9.81. The second-order valence-electron chi connectivity index (χ2n) is 8.35. The van der Waals surface area contributed by atoms with Crippen molar-refractivity contribution >= 4 is 11.6 Å². The molecule has 0 saturated heterocycles. The van der Waals surface area contributed by atoms with Gasteiger partial charge in [-0.1, -0.05) is 30.3 Å². The molecular formula is C25H23N7O4. The number of rotatable bonds is 6. The maximum Gasteiger partial charge on any atom is 0.296 e. The topological polar surface area (TPSA) is 160 Å². The van der Waals surface area contributed by atoms with Crippen LogP contribution in [0.4, 0.5) is 5.69 Å². The summed E-state index contributed by atoms with van der Waals surface area (Å²) < 4.78 is 5.90. The molecule has 1 amide bonds. The fourth-order valence-corrected chi connectivity index (χ4v) is 4.15. The minimum absolute atomic E-state index is 0.216. The van der Waals surface area contributed by atoms with Crippen molar-refractivity contribution in [2.75, 3.05) is 5.32 Å². The van der Waals surface area contributed by atoms with Crippen LogP contribution in [0.3, 0.4) is 0 Å². The predicted octanol–water partition coefficient (Wildman–Crippen LogP) is 2.94. The number of hydrogen-bond acceptors (Lipinski definition) is 9. The molecule has 2 N–H and O–H groups in total. The number of amides is 1. The van der Waals surface area contributed by atoms with E-state index < -0.39 is 34.7 Å². The maximum atomic E-state index is 12.9. The highest BCUT2D eigenvalue weighted by Gasteiger charge is 2.32. The number of aromatic nitrogens is 5. The molecule has 1 aromatic carbocycles. The van der Waals surface area contributed by atoms with Crippen LogP contribution in [-0.4, -0.2) is 35.7 Å². The molecule has 2 atom stereocenters. The lowest BCUT2D eigenvalue weighted by molar-refractivity contribution is 0.101. The number of aryl methyl sites for hydroxylation is 2. The van der Waals surface area contributed by atoms with Gasteiger partial charge in [-0.25, -0.2) is 4.98 Å². The van der Waals surface area contributed by atoms with Gasteiger partial charge in [-0.3, -0.25) is 24.1 Å². The van der Waals surface area contributed by atoms with E-state index in [0.717, 1.165) is 0 Å². The standard InChI is InChI=1S/C25H23N7O4/c1-13-10-27-15(3)20(29-13)19(18-8-6-5-7-16(18)9-26)14(2)23-31-21(22(33)25(35)32(23)4)24(34)30-17-11-28-36-12-17/h5-8,10-12,14,19,33H,1-4H3,(H,30,34). The number of aromatic hydroxyl groups is 1. The van der Waals surface area contributed by atoms with E-state index in [2.05, 4.69) is 26.5 Å². The number of anilines is 1. The lowest BCUT2D eigenvalue weighted by Crippen LogP contribution is -2.30. The third kappa shape index (κ3) is 4.44. The molecular weight excluding hydrogens is 462 g/mol. The zero-order chi connectivity index (χ0) is 26.0. The summed E-state index contributed by atoms with van der Waals surface area (Å²) in [5, 5.41) is 26.3. The normalized spacial score (nSPS) is 12.5. The molecule has 0 fully saturated rings. The van der Waals surface area contributed by atoms with E-state index in [1.54, 1.807) is 18.3 Å². The van der Waals surface area contributed by atoms with Crippen LogP contribution in [0.2, 0.25) is 0 Å². The summed E-state index contributed by atoms with van der Waals surface area (Å²) in [6.07, 6.45) is 4.12. The molecule has 0 saturated carbocycles. The number of nitrogens with zero attached hydrogens (tertiary/aromatic N) is 6. The molecule has 3 heterocycles. The second-order valence-corrected chi connectivity index (χ2v) is 8.35. The SMILES string of the molecule is Cc1cnc(C)c(C(c2ccccc2C#N)C(C)c2nc(C(=O)Nc3cnoc3)c(O)c(=O)n2C)n1. The predicted molar refractivity (Wildman–Crippen MR) is 129 cm³/mol. The highest BCUT2D eigenvalue weighted by molar-refractivity contribution is 6.04. The summed E-state index contributed by atoms with van der Waals surface area (Å²) in [5.41, 5.74) is 2.07. The first-order valence-corrected chi connectivity index (χ1v) is 11.0. The van der Waals surface area contributed by atoms with Gasteiger partial charge in [0.1, 0.15) is 17.8 Å². The fraction of sp³-hybridized carbons (Fsp3) is 0.240. The van der Waals surface area contributed by atoms with Gasteiger partial charge in [-0.05, 0) is 25.5 Å². The van der Waals surface area contributed by atoms with E-state index in [0.29, 0.717) is 28.2 Å². The maximum absolute atomic E-state index is 12.9. The largest absolute Gasteiger partial charge is 0.501 e. The molecule has 0 radical (unpaired) electrons. The quantitative estimate of drug-likeness (QED) is 0.418. The van der Waals surface area contributed by atoms with Gasteiger partial charge in [0.2, 0.25) is 5.75 Å². The molecule has 36 heavy (non-hydrogen) atoms. The molecule has 11 nitrogen and oxygen atoms in total. The monoisotopic (exact) mass is 485 g/mol. The number of carbonyl (C=O) groups is 1. The number of nitrogens with one attached hydrogen (secondary N) is 1. The van der Waals surface area contributed by atoms with Crippen LogP contribution >= 0.6 is 0 Å². The van der Waals surface area contributed by atoms with Crippen molar-refractivity contribution in [3.63, 3.8) is 0 Å². The minimum atomic E-state index is -0.803. The van der Waals surface area contributed by atoms with E-state index in [1.165, 1.54) is 24.1 Å². The molecule has 182 valence electrons. The average molecular weight is 486 g/mol. The van der Waals surface area contributed by atoms with Crippen molar-refractivity contribution in [2.45, 2.75) is 32.6 Å². The number of hydrogen-bond donors (Lipinski definition) is 2. The van der Waals surface area contributed by atoms with Gasteiger partial charge in [0.05, 0.1) is 34.9 Å². The van der Waals surface area contributed by atoms with Crippen LogP contribution < -0.4 is 10.9 Å². The smallest absolute Gasteiger partial charge is 0.296 e. The van der Waals surface area contributed by atoms with E-state index >= 15 is 0 Å². The molecule has 0 spiro atoms. The number of carbonyl (C=O) groups excluding carboxylic acids is 1. The Morgan fingerprint density at radius 1 is 1.22 bits per heavy atom. The Kier molecular flexibility index (Phi) is 6.60. The minimum Gasteiger partial charge on any atom is -0.501 e. The molecule has 0 bridgehead atoms. The molecule has 0 aliphatic carbocycles. The van der Waals surface area contributed by atoms with E-state index in [-0.39, 0.29) is 11.5 Å². The third-order valence-corrected chi connectivity index (χ3v) is 5.94. The molecule has 11 heteroatoms. The van der Waals surface area contributed by atoms with Gasteiger partial charge in [-0.2, -0.15) is 5.26 Å². The van der Waals surface area contributed by atoms with Crippen molar-refractivity contribution in [1.82, 2.24) is 24.7 Å².